The number of nitrogens with one attached hydrogen (secondary N) is 1. The van der Waals surface area contributed by atoms with Gasteiger partial charge in [-0.15, -0.1) is 0 Å². The molecule has 0 saturated carbocycles. The minimum atomic E-state index is -4.79. The van der Waals surface area contributed by atoms with Crippen LogP contribution in [-0.2, 0) is 10.9 Å². The van der Waals surface area contributed by atoms with Gasteiger partial charge in [-0.1, -0.05) is 17.3 Å². The van der Waals surface area contributed by atoms with Crippen molar-refractivity contribution < 1.29 is 45.2 Å². The number of nitrogens with zero attached hydrogens (tertiary/aromatic N) is 3. The van der Waals surface area contributed by atoms with Gasteiger partial charge in [-0.3, -0.25) is 9.59 Å². The number of alkyl halides is 3. The van der Waals surface area contributed by atoms with Gasteiger partial charge in [0, 0.05) is 29.8 Å². The molecule has 2 aromatic carbocycles. The molecule has 190 valence electrons. The molecule has 1 aliphatic rings. The Bertz CT molecular complexity index is 1260. The third-order valence-corrected chi connectivity index (χ3v) is 5.29. The molecule has 2 heterocycles. The van der Waals surface area contributed by atoms with Crippen molar-refractivity contribution in [2.75, 3.05) is 26.3 Å². The molecule has 1 saturated heterocycles. The summed E-state index contributed by atoms with van der Waals surface area (Å²) in [6.45, 7) is 0.157. The highest BCUT2D eigenvalue weighted by atomic mass is 19.4. The molecule has 8 nitrogen and oxygen atoms in total. The summed E-state index contributed by atoms with van der Waals surface area (Å²) in [4.78, 5) is 29.9. The predicted octanol–water partition coefficient (Wildman–Crippen LogP) is 3.44. The molecule has 1 N–H and O–H groups in total. The normalized spacial score (nSPS) is 16.2. The van der Waals surface area contributed by atoms with Gasteiger partial charge < -0.3 is 19.5 Å². The van der Waals surface area contributed by atoms with E-state index < -0.39 is 52.9 Å². The number of hydrogen-bond donors (Lipinski definition) is 1. The Balaban J connectivity index is 1.41. The van der Waals surface area contributed by atoms with Crippen LogP contribution in [0.3, 0.4) is 0 Å². The number of aromatic nitrogens is 2. The zero-order valence-electron chi connectivity index (χ0n) is 18.1. The fourth-order valence-electron chi connectivity index (χ4n) is 3.48. The van der Waals surface area contributed by atoms with Crippen LogP contribution in [0.1, 0.15) is 26.6 Å². The summed E-state index contributed by atoms with van der Waals surface area (Å²) in [7, 11) is 0. The van der Waals surface area contributed by atoms with E-state index in [4.69, 9.17) is 4.74 Å². The number of benzene rings is 2. The quantitative estimate of drug-likeness (QED) is 0.414. The van der Waals surface area contributed by atoms with Crippen molar-refractivity contribution in [3.05, 3.63) is 70.9 Å². The van der Waals surface area contributed by atoms with Crippen molar-refractivity contribution >= 4 is 11.8 Å². The molecule has 1 aromatic heterocycles. The second kappa shape index (κ2) is 9.97. The van der Waals surface area contributed by atoms with Crippen LogP contribution in [0.15, 0.2) is 40.9 Å². The lowest BCUT2D eigenvalue weighted by molar-refractivity contribution is -0.159. The summed E-state index contributed by atoms with van der Waals surface area (Å²) in [6, 6.07) is 5.82. The van der Waals surface area contributed by atoms with Crippen molar-refractivity contribution in [2.45, 2.75) is 12.2 Å². The van der Waals surface area contributed by atoms with Gasteiger partial charge in [-0.05, 0) is 24.3 Å². The van der Waals surface area contributed by atoms with Gasteiger partial charge >= 0.3 is 12.1 Å². The van der Waals surface area contributed by atoms with Crippen molar-refractivity contribution in [3.8, 4) is 11.4 Å². The van der Waals surface area contributed by atoms with Gasteiger partial charge in [0.1, 0.15) is 0 Å². The van der Waals surface area contributed by atoms with E-state index in [0.717, 1.165) is 0 Å². The number of carbonyl (C=O) groups excluding carboxylic acids is 2. The fraction of sp³-hybridized carbons (Fsp3) is 0.273. The molecule has 0 radical (unpaired) electrons. The number of hydrogen-bond acceptors (Lipinski definition) is 6. The average Bonchev–Trinajstić information content (AvgIpc) is 3.36. The first kappa shape index (κ1) is 25.2. The molecular weight excluding hydrogens is 498 g/mol. The van der Waals surface area contributed by atoms with Crippen LogP contribution in [0, 0.1) is 17.5 Å². The highest BCUT2D eigenvalue weighted by Crippen LogP contribution is 2.29. The van der Waals surface area contributed by atoms with E-state index in [1.54, 1.807) is 0 Å². The molecule has 1 aliphatic heterocycles. The lowest BCUT2D eigenvalue weighted by Gasteiger charge is -2.35. The Morgan fingerprint density at radius 3 is 2.33 bits per heavy atom. The van der Waals surface area contributed by atoms with Gasteiger partial charge in [-0.2, -0.15) is 18.2 Å². The smallest absolute Gasteiger partial charge is 0.377 e. The minimum Gasteiger partial charge on any atom is -0.377 e. The third-order valence-electron chi connectivity index (χ3n) is 5.29. The standard InChI is InChI=1S/C22H16F6N4O4/c23-15-7-13(8-16(24)17(15)25)20(34)32-5-6-35-10-14(32)9-29-19(33)12-3-1-11(2-4-12)18-30-21(36-31-18)22(26,27)28/h1-4,7-8,14H,5-6,9-10H2,(H,29,33)/t14-/m0/s1. The summed E-state index contributed by atoms with van der Waals surface area (Å²) in [5.41, 5.74) is -0.0621. The van der Waals surface area contributed by atoms with Crippen LogP contribution in [0.25, 0.3) is 11.4 Å². The number of halogens is 6. The highest BCUT2D eigenvalue weighted by molar-refractivity contribution is 5.95. The first-order valence-corrected chi connectivity index (χ1v) is 10.4. The largest absolute Gasteiger partial charge is 0.471 e. The Labute approximate surface area is 198 Å². The Hall–Kier alpha value is -3.94. The van der Waals surface area contributed by atoms with Crippen LogP contribution in [0.5, 0.6) is 0 Å². The van der Waals surface area contributed by atoms with Crippen LogP contribution in [-0.4, -0.2) is 59.2 Å². The highest BCUT2D eigenvalue weighted by Gasteiger charge is 2.38. The zero-order valence-corrected chi connectivity index (χ0v) is 18.1. The van der Waals surface area contributed by atoms with Gasteiger partial charge in [-0.25, -0.2) is 13.2 Å². The minimum absolute atomic E-state index is 0.0243. The first-order valence-electron chi connectivity index (χ1n) is 10.4. The fourth-order valence-corrected chi connectivity index (χ4v) is 3.48. The van der Waals surface area contributed by atoms with E-state index in [2.05, 4.69) is 20.0 Å². The molecular formula is C22H16F6N4O4. The van der Waals surface area contributed by atoms with Crippen molar-refractivity contribution in [1.82, 2.24) is 20.4 Å². The van der Waals surface area contributed by atoms with Crippen LogP contribution in [0.2, 0.25) is 0 Å². The Morgan fingerprint density at radius 1 is 1.06 bits per heavy atom. The van der Waals surface area contributed by atoms with Crippen LogP contribution < -0.4 is 5.32 Å². The summed E-state index contributed by atoms with van der Waals surface area (Å²) >= 11 is 0. The second-order valence-electron chi connectivity index (χ2n) is 7.69. The van der Waals surface area contributed by atoms with Crippen LogP contribution >= 0.6 is 0 Å². The Morgan fingerprint density at radius 2 is 1.72 bits per heavy atom. The maximum absolute atomic E-state index is 13.6. The number of carbonyl (C=O) groups is 2. The molecule has 0 unspecified atom stereocenters. The molecule has 0 spiro atoms. The lowest BCUT2D eigenvalue weighted by atomic mass is 10.1. The van der Waals surface area contributed by atoms with E-state index in [1.807, 2.05) is 0 Å². The molecule has 0 aliphatic carbocycles. The maximum Gasteiger partial charge on any atom is 0.471 e. The molecule has 36 heavy (non-hydrogen) atoms. The third kappa shape index (κ3) is 5.32. The van der Waals surface area contributed by atoms with Crippen molar-refractivity contribution in [3.63, 3.8) is 0 Å². The van der Waals surface area contributed by atoms with Crippen LogP contribution in [0.4, 0.5) is 26.3 Å². The molecule has 1 atom stereocenters. The summed E-state index contributed by atoms with van der Waals surface area (Å²) < 4.78 is 87.7. The number of rotatable bonds is 5. The van der Waals surface area contributed by atoms with Crippen molar-refractivity contribution in [2.24, 2.45) is 0 Å². The lowest BCUT2D eigenvalue weighted by Crippen LogP contribution is -2.53. The van der Waals surface area contributed by atoms with Gasteiger partial charge in [0.2, 0.25) is 5.82 Å². The summed E-state index contributed by atoms with van der Waals surface area (Å²) in [5, 5.41) is 5.87. The van der Waals surface area contributed by atoms with Gasteiger partial charge in [0.15, 0.2) is 17.5 Å². The van der Waals surface area contributed by atoms with E-state index in [9.17, 15) is 35.9 Å². The number of amides is 2. The topological polar surface area (TPSA) is 97.6 Å². The molecule has 14 heteroatoms. The molecule has 3 aromatic rings. The summed E-state index contributed by atoms with van der Waals surface area (Å²) in [5.74, 6) is -7.84. The summed E-state index contributed by atoms with van der Waals surface area (Å²) in [6.07, 6.45) is -4.79. The average molecular weight is 514 g/mol. The molecule has 0 bridgehead atoms. The van der Waals surface area contributed by atoms with E-state index in [1.165, 1.54) is 29.2 Å². The number of morpholine rings is 1. The van der Waals surface area contributed by atoms with Crippen molar-refractivity contribution in [1.29, 1.82) is 0 Å². The Kier molecular flexibility index (Phi) is 6.97. The zero-order chi connectivity index (χ0) is 26.0. The maximum atomic E-state index is 13.6. The van der Waals surface area contributed by atoms with E-state index in [-0.39, 0.29) is 43.3 Å². The second-order valence-corrected chi connectivity index (χ2v) is 7.69. The van der Waals surface area contributed by atoms with Gasteiger partial charge in [0.05, 0.1) is 19.3 Å². The predicted molar refractivity (Wildman–Crippen MR) is 109 cm³/mol. The first-order chi connectivity index (χ1) is 17.0. The number of ether oxygens (including phenoxy) is 1. The van der Waals surface area contributed by atoms with Gasteiger partial charge in [0.25, 0.3) is 11.8 Å². The van der Waals surface area contributed by atoms with E-state index in [0.29, 0.717) is 12.1 Å². The molecule has 1 fully saturated rings. The SMILES string of the molecule is O=C(NC[C@H]1COCCN1C(=O)c1cc(F)c(F)c(F)c1)c1ccc(-c2noc(C(F)(F)F)n2)cc1. The van der Waals surface area contributed by atoms with E-state index >= 15 is 0 Å². The molecule has 4 rings (SSSR count). The molecule has 2 amide bonds. The monoisotopic (exact) mass is 514 g/mol.